The minimum absolute atomic E-state index is 0.00624. The zero-order chi connectivity index (χ0) is 25.3. The number of hydrogen-bond acceptors (Lipinski definition) is 3. The molecular weight excluding hydrogens is 424 g/mol. The van der Waals surface area contributed by atoms with Crippen LogP contribution >= 0.6 is 0 Å². The van der Waals surface area contributed by atoms with Gasteiger partial charge in [-0.2, -0.15) is 0 Å². The van der Waals surface area contributed by atoms with Crippen LogP contribution in [0.4, 0.5) is 0 Å². The minimum Gasteiger partial charge on any atom is -0.478 e. The van der Waals surface area contributed by atoms with Crippen LogP contribution in [0, 0.1) is 39.4 Å². The van der Waals surface area contributed by atoms with E-state index in [2.05, 4.69) is 53.7 Å². The molecule has 0 bridgehead atoms. The van der Waals surface area contributed by atoms with Gasteiger partial charge in [0.25, 0.3) is 0 Å². The molecule has 0 aromatic rings. The largest absolute Gasteiger partial charge is 0.478 e. The van der Waals surface area contributed by atoms with Crippen molar-refractivity contribution in [3.8, 4) is 0 Å². The van der Waals surface area contributed by atoms with Gasteiger partial charge in [-0.05, 0) is 91.9 Å². The van der Waals surface area contributed by atoms with E-state index in [-0.39, 0.29) is 39.3 Å². The lowest BCUT2D eigenvalue weighted by Gasteiger charge is -2.61. The highest BCUT2D eigenvalue weighted by atomic mass is 16.4. The number of carboxylic acid groups (broad SMARTS) is 1. The summed E-state index contributed by atoms with van der Waals surface area (Å²) >= 11 is 0. The maximum atomic E-state index is 11.2. The summed E-state index contributed by atoms with van der Waals surface area (Å²) < 4.78 is 0. The van der Waals surface area contributed by atoms with E-state index in [9.17, 15) is 15.0 Å². The second-order valence-corrected chi connectivity index (χ2v) is 13.3. The van der Waals surface area contributed by atoms with Gasteiger partial charge in [-0.3, -0.25) is 0 Å². The summed E-state index contributed by atoms with van der Waals surface area (Å²) in [6.45, 7) is 15.6. The van der Waals surface area contributed by atoms with Crippen molar-refractivity contribution in [2.24, 2.45) is 39.4 Å². The highest BCUT2D eigenvalue weighted by Crippen LogP contribution is 2.70. The van der Waals surface area contributed by atoms with Crippen molar-refractivity contribution in [1.82, 2.24) is 0 Å². The number of aliphatic carboxylic acids is 1. The van der Waals surface area contributed by atoms with Crippen LogP contribution in [0.1, 0.15) is 93.4 Å². The van der Waals surface area contributed by atoms with Crippen LogP contribution in [0.25, 0.3) is 0 Å². The van der Waals surface area contributed by atoms with Gasteiger partial charge in [0.05, 0.1) is 12.2 Å². The Labute approximate surface area is 206 Å². The molecule has 0 aromatic carbocycles. The molecule has 0 aromatic heterocycles. The number of carboxylic acids is 1. The average Bonchev–Trinajstić information content (AvgIpc) is 3.03. The van der Waals surface area contributed by atoms with Crippen molar-refractivity contribution >= 4 is 5.97 Å². The number of carbonyl (C=O) groups is 1. The molecule has 0 radical (unpaired) electrons. The summed E-state index contributed by atoms with van der Waals surface area (Å²) in [6, 6.07) is 0. The number of aliphatic hydroxyl groups is 2. The Bertz CT molecular complexity index is 941. The third-order valence-electron chi connectivity index (χ3n) is 11.3. The zero-order valence-electron chi connectivity index (χ0n) is 22.3. The monoisotopic (exact) mass is 470 g/mol. The topological polar surface area (TPSA) is 77.8 Å². The molecule has 0 aliphatic heterocycles. The van der Waals surface area contributed by atoms with Gasteiger partial charge in [-0.1, -0.05) is 64.8 Å². The van der Waals surface area contributed by atoms with Crippen LogP contribution in [0.3, 0.4) is 0 Å². The zero-order valence-corrected chi connectivity index (χ0v) is 22.3. The van der Waals surface area contributed by atoms with E-state index in [1.165, 1.54) is 6.08 Å². The average molecular weight is 471 g/mol. The predicted molar refractivity (Wildman–Crippen MR) is 136 cm³/mol. The van der Waals surface area contributed by atoms with Gasteiger partial charge in [-0.15, -0.1) is 0 Å². The van der Waals surface area contributed by atoms with Gasteiger partial charge in [0.2, 0.25) is 0 Å². The predicted octanol–water partition coefficient (Wildman–Crippen LogP) is 6.29. The van der Waals surface area contributed by atoms with Gasteiger partial charge in [-0.25, -0.2) is 4.79 Å². The van der Waals surface area contributed by atoms with Gasteiger partial charge >= 0.3 is 5.97 Å². The molecule has 34 heavy (non-hydrogen) atoms. The van der Waals surface area contributed by atoms with Gasteiger partial charge in [0.1, 0.15) is 0 Å². The summed E-state index contributed by atoms with van der Waals surface area (Å²) in [6.07, 6.45) is 12.5. The summed E-state index contributed by atoms with van der Waals surface area (Å²) in [5.74, 6) is 0.321. The van der Waals surface area contributed by atoms with Crippen molar-refractivity contribution < 1.29 is 20.1 Å². The first-order valence-electron chi connectivity index (χ1n) is 13.4. The molecular formula is C30H46O4. The van der Waals surface area contributed by atoms with E-state index in [0.29, 0.717) is 18.3 Å². The summed E-state index contributed by atoms with van der Waals surface area (Å²) in [5, 5.41) is 30.6. The third-order valence-corrected chi connectivity index (χ3v) is 11.3. The molecule has 3 N–H and O–H groups in total. The van der Waals surface area contributed by atoms with E-state index in [1.54, 1.807) is 18.1 Å². The van der Waals surface area contributed by atoms with E-state index in [4.69, 9.17) is 5.11 Å². The summed E-state index contributed by atoms with van der Waals surface area (Å²) in [4.78, 5) is 11.2. The summed E-state index contributed by atoms with van der Waals surface area (Å²) in [7, 11) is 0. The Morgan fingerprint density at radius 3 is 2.44 bits per heavy atom. The van der Waals surface area contributed by atoms with E-state index >= 15 is 0 Å². The highest BCUT2D eigenvalue weighted by Gasteiger charge is 2.61. The fraction of sp³-hybridized carbons (Fsp3) is 0.767. The molecule has 4 aliphatic rings. The molecule has 0 heterocycles. The van der Waals surface area contributed by atoms with Crippen LogP contribution in [0.15, 0.2) is 34.9 Å². The number of hydrogen-bond donors (Lipinski definition) is 3. The van der Waals surface area contributed by atoms with Gasteiger partial charge in [0, 0.05) is 11.0 Å². The fourth-order valence-corrected chi connectivity index (χ4v) is 8.78. The molecule has 4 rings (SSSR count). The molecule has 190 valence electrons. The smallest absolute Gasteiger partial charge is 0.331 e. The van der Waals surface area contributed by atoms with Crippen LogP contribution in [-0.4, -0.2) is 33.5 Å². The first-order valence-corrected chi connectivity index (χ1v) is 13.4. The lowest BCUT2D eigenvalue weighted by molar-refractivity contribution is -0.132. The van der Waals surface area contributed by atoms with Gasteiger partial charge < -0.3 is 15.3 Å². The van der Waals surface area contributed by atoms with Crippen molar-refractivity contribution in [2.75, 3.05) is 0 Å². The molecule has 4 nitrogen and oxygen atoms in total. The van der Waals surface area contributed by atoms with Crippen molar-refractivity contribution in [3.05, 3.63) is 34.9 Å². The Kier molecular flexibility index (Phi) is 6.30. The first-order chi connectivity index (χ1) is 15.7. The maximum Gasteiger partial charge on any atom is 0.331 e. The van der Waals surface area contributed by atoms with Crippen LogP contribution in [0.2, 0.25) is 0 Å². The maximum absolute atomic E-state index is 11.2. The van der Waals surface area contributed by atoms with E-state index in [0.717, 1.165) is 38.5 Å². The van der Waals surface area contributed by atoms with Gasteiger partial charge in [0.15, 0.2) is 0 Å². The third kappa shape index (κ3) is 3.66. The van der Waals surface area contributed by atoms with Crippen molar-refractivity contribution in [2.45, 2.75) is 106 Å². The summed E-state index contributed by atoms with van der Waals surface area (Å²) in [5.41, 5.74) is 3.61. The lowest BCUT2D eigenvalue weighted by Crippen LogP contribution is -2.55. The molecule has 0 spiro atoms. The molecule has 2 fully saturated rings. The molecule has 8 atom stereocenters. The van der Waals surface area contributed by atoms with Crippen LogP contribution < -0.4 is 0 Å². The van der Waals surface area contributed by atoms with E-state index < -0.39 is 12.1 Å². The normalized spacial score (nSPS) is 43.1. The second kappa shape index (κ2) is 8.34. The molecule has 0 saturated heterocycles. The second-order valence-electron chi connectivity index (χ2n) is 13.3. The first kappa shape index (κ1) is 25.7. The highest BCUT2D eigenvalue weighted by molar-refractivity contribution is 5.85. The molecule has 0 unspecified atom stereocenters. The standard InChI is InChI=1S/C30H46O4/c1-18(26(33)34)16-20(31)17-19(2)28(5)14-15-30(7)22-8-10-23-27(3,4)25(32)12-13-29(23,6)21(22)9-11-24(28)30/h8,11,16,19-21,23,25,31-32H,9-10,12-15,17H2,1-7H3,(H,33,34)/b18-16+/t19-,20+,21-,23+,25-,28+,29-,30+/m1/s1. The SMILES string of the molecule is C/C(=C\[C@H](O)C[C@@H](C)[C@]1(C)CC[C@@]2(C)C3=CC[C@H]4C(C)(C)[C@H](O)CC[C@]4(C)[C@@H]3CC=C21)C(=O)O. The van der Waals surface area contributed by atoms with Crippen molar-refractivity contribution in [3.63, 3.8) is 0 Å². The minimum atomic E-state index is -0.971. The molecule has 0 amide bonds. The lowest BCUT2D eigenvalue weighted by atomic mass is 9.44. The fourth-order valence-electron chi connectivity index (χ4n) is 8.78. The van der Waals surface area contributed by atoms with Crippen LogP contribution in [-0.2, 0) is 4.79 Å². The Morgan fingerprint density at radius 1 is 1.12 bits per heavy atom. The Balaban J connectivity index is 1.62. The quantitative estimate of drug-likeness (QED) is 0.326. The molecule has 4 aliphatic carbocycles. The Morgan fingerprint density at radius 2 is 1.79 bits per heavy atom. The number of fused-ring (bicyclic) bond motifs is 5. The molecule has 2 saturated carbocycles. The molecule has 4 heteroatoms. The Hall–Kier alpha value is -1.39. The number of rotatable bonds is 5. The number of allylic oxidation sites excluding steroid dienone is 4. The van der Waals surface area contributed by atoms with Crippen molar-refractivity contribution in [1.29, 1.82) is 0 Å². The number of aliphatic hydroxyl groups excluding tert-OH is 2. The van der Waals surface area contributed by atoms with E-state index in [1.807, 2.05) is 0 Å². The van der Waals surface area contributed by atoms with Crippen LogP contribution in [0.5, 0.6) is 0 Å².